The number of morpholine rings is 1. The summed E-state index contributed by atoms with van der Waals surface area (Å²) in [6.07, 6.45) is 1.13. The Morgan fingerprint density at radius 3 is 3.00 bits per heavy atom. The second-order valence-corrected chi connectivity index (χ2v) is 3.31. The molecule has 3 N–H and O–H groups in total. The number of aliphatic imine (C=N–C) groups is 1. The third-order valence-electron chi connectivity index (χ3n) is 2.27. The van der Waals surface area contributed by atoms with Crippen LogP contribution in [0.3, 0.4) is 0 Å². The van der Waals surface area contributed by atoms with Gasteiger partial charge < -0.3 is 15.4 Å². The Morgan fingerprint density at radius 1 is 1.56 bits per heavy atom. The third-order valence-corrected chi connectivity index (χ3v) is 2.27. The predicted molar refractivity (Wildman–Crippen MR) is 60.2 cm³/mol. The van der Waals surface area contributed by atoms with E-state index in [4.69, 9.17) is 10.5 Å². The summed E-state index contributed by atoms with van der Waals surface area (Å²) < 4.78 is 5.22. The van der Waals surface area contributed by atoms with Crippen LogP contribution in [0.1, 0.15) is 0 Å². The van der Waals surface area contributed by atoms with Crippen molar-refractivity contribution in [2.24, 2.45) is 10.7 Å². The van der Waals surface area contributed by atoms with Crippen molar-refractivity contribution < 1.29 is 4.74 Å². The number of rotatable bonds is 2. The van der Waals surface area contributed by atoms with Crippen molar-refractivity contribution in [1.82, 2.24) is 9.97 Å². The zero-order chi connectivity index (χ0) is 11.4. The Bertz CT molecular complexity index is 436. The third kappa shape index (κ3) is 2.37. The van der Waals surface area contributed by atoms with Gasteiger partial charge in [-0.3, -0.25) is 4.98 Å². The number of H-pyrrole nitrogens is 1. The van der Waals surface area contributed by atoms with Crippen LogP contribution in [-0.4, -0.2) is 42.6 Å². The molecular weight excluding hydrogens is 210 g/mol. The molecule has 0 bridgehead atoms. The van der Waals surface area contributed by atoms with E-state index in [0.29, 0.717) is 24.8 Å². The number of aromatic nitrogens is 2. The highest BCUT2D eigenvalue weighted by Crippen LogP contribution is 2.15. The molecule has 2 heterocycles. The topological polar surface area (TPSA) is 96.6 Å². The maximum Gasteiger partial charge on any atom is 0.348 e. The van der Waals surface area contributed by atoms with E-state index in [1.807, 2.05) is 4.90 Å². The van der Waals surface area contributed by atoms with Crippen molar-refractivity contribution in [3.05, 3.63) is 16.6 Å². The Hall–Kier alpha value is -1.89. The lowest BCUT2D eigenvalue weighted by Crippen LogP contribution is -2.37. The number of hydrogen-bond donors (Lipinski definition) is 2. The molecule has 0 radical (unpaired) electrons. The fourth-order valence-electron chi connectivity index (χ4n) is 1.54. The number of nitrogens with two attached hydrogens (primary N) is 1. The normalized spacial score (nSPS) is 16.9. The van der Waals surface area contributed by atoms with Gasteiger partial charge in [-0.15, -0.1) is 0 Å². The fourth-order valence-corrected chi connectivity index (χ4v) is 1.54. The van der Waals surface area contributed by atoms with Crippen molar-refractivity contribution >= 4 is 18.0 Å². The Kier molecular flexibility index (Phi) is 3.16. The Balaban J connectivity index is 2.28. The van der Waals surface area contributed by atoms with Gasteiger partial charge in [0.05, 0.1) is 19.6 Å². The van der Waals surface area contributed by atoms with Gasteiger partial charge in [0.1, 0.15) is 11.6 Å². The maximum atomic E-state index is 11.3. The molecular formula is C9H13N5O2. The molecule has 0 spiro atoms. The van der Waals surface area contributed by atoms with Crippen LogP contribution in [0.15, 0.2) is 15.9 Å². The molecule has 1 aliphatic rings. The van der Waals surface area contributed by atoms with Gasteiger partial charge in [0.25, 0.3) is 0 Å². The lowest BCUT2D eigenvalue weighted by molar-refractivity contribution is 0.122. The molecule has 0 amide bonds. The number of nitrogens with one attached hydrogen (secondary N) is 1. The lowest BCUT2D eigenvalue weighted by atomic mass is 10.4. The van der Waals surface area contributed by atoms with Crippen molar-refractivity contribution in [3.63, 3.8) is 0 Å². The fraction of sp³-hybridized carbons (Fsp3) is 0.444. The van der Waals surface area contributed by atoms with Crippen LogP contribution in [-0.2, 0) is 4.74 Å². The molecule has 0 aliphatic carbocycles. The molecule has 1 aliphatic heterocycles. The smallest absolute Gasteiger partial charge is 0.348 e. The van der Waals surface area contributed by atoms with Crippen LogP contribution >= 0.6 is 0 Å². The minimum atomic E-state index is -0.426. The summed E-state index contributed by atoms with van der Waals surface area (Å²) in [7, 11) is 0. The largest absolute Gasteiger partial charge is 0.390 e. The second-order valence-electron chi connectivity index (χ2n) is 3.31. The van der Waals surface area contributed by atoms with Crippen LogP contribution in [0.5, 0.6) is 0 Å². The van der Waals surface area contributed by atoms with Crippen LogP contribution in [0.25, 0.3) is 0 Å². The van der Waals surface area contributed by atoms with Gasteiger partial charge in [-0.1, -0.05) is 0 Å². The summed E-state index contributed by atoms with van der Waals surface area (Å²) in [5.41, 5.74) is 4.75. The number of aromatic amines is 1. The standard InChI is InChI=1S/C9H13N5O2/c10-6-11-7-5-8(13-9(15)12-7)14-1-3-16-4-2-14/h5-6H,1-4H2,(H3,10,11,12,13,15). The van der Waals surface area contributed by atoms with Gasteiger partial charge in [-0.25, -0.2) is 9.79 Å². The van der Waals surface area contributed by atoms with Crippen molar-refractivity contribution in [1.29, 1.82) is 0 Å². The highest BCUT2D eigenvalue weighted by molar-refractivity contribution is 5.58. The monoisotopic (exact) mass is 223 g/mol. The molecule has 0 unspecified atom stereocenters. The first kappa shape index (κ1) is 10.6. The summed E-state index contributed by atoms with van der Waals surface area (Å²) in [5, 5.41) is 0. The summed E-state index contributed by atoms with van der Waals surface area (Å²) >= 11 is 0. The summed E-state index contributed by atoms with van der Waals surface area (Å²) in [6.45, 7) is 2.73. The van der Waals surface area contributed by atoms with E-state index in [1.54, 1.807) is 6.07 Å². The molecule has 0 atom stereocenters. The van der Waals surface area contributed by atoms with E-state index < -0.39 is 5.69 Å². The first-order valence-corrected chi connectivity index (χ1v) is 4.98. The molecule has 16 heavy (non-hydrogen) atoms. The summed E-state index contributed by atoms with van der Waals surface area (Å²) in [6, 6.07) is 1.69. The van der Waals surface area contributed by atoms with Gasteiger partial charge >= 0.3 is 5.69 Å². The number of anilines is 1. The average molecular weight is 223 g/mol. The molecule has 7 nitrogen and oxygen atoms in total. The van der Waals surface area contributed by atoms with Crippen molar-refractivity contribution in [2.75, 3.05) is 31.2 Å². The van der Waals surface area contributed by atoms with Crippen LogP contribution < -0.4 is 16.3 Å². The first-order valence-electron chi connectivity index (χ1n) is 4.98. The summed E-state index contributed by atoms with van der Waals surface area (Å²) in [4.78, 5) is 23.5. The van der Waals surface area contributed by atoms with E-state index in [1.165, 1.54) is 0 Å². The van der Waals surface area contributed by atoms with Crippen molar-refractivity contribution in [3.8, 4) is 0 Å². The van der Waals surface area contributed by atoms with Crippen LogP contribution in [0.4, 0.5) is 11.6 Å². The molecule has 1 aromatic rings. The SMILES string of the molecule is N/C=N\c1cc(N2CCOCC2)nc(=O)[nH]1. The maximum absolute atomic E-state index is 11.3. The molecule has 7 heteroatoms. The molecule has 0 aromatic carbocycles. The zero-order valence-electron chi connectivity index (χ0n) is 8.72. The van der Waals surface area contributed by atoms with E-state index in [0.717, 1.165) is 19.4 Å². The van der Waals surface area contributed by atoms with E-state index in [9.17, 15) is 4.79 Å². The highest BCUT2D eigenvalue weighted by atomic mass is 16.5. The van der Waals surface area contributed by atoms with Crippen LogP contribution in [0.2, 0.25) is 0 Å². The van der Waals surface area contributed by atoms with E-state index in [-0.39, 0.29) is 0 Å². The van der Waals surface area contributed by atoms with Gasteiger partial charge in [0.2, 0.25) is 0 Å². The van der Waals surface area contributed by atoms with Gasteiger partial charge in [-0.2, -0.15) is 4.98 Å². The van der Waals surface area contributed by atoms with Gasteiger partial charge in [-0.05, 0) is 0 Å². The average Bonchev–Trinajstić information content (AvgIpc) is 2.30. The number of nitrogens with zero attached hydrogens (tertiary/aromatic N) is 3. The Labute approximate surface area is 92.0 Å². The summed E-state index contributed by atoms with van der Waals surface area (Å²) in [5.74, 6) is 1.01. The predicted octanol–water partition coefficient (Wildman–Crippen LogP) is -0.775. The number of hydrogen-bond acceptors (Lipinski definition) is 5. The van der Waals surface area contributed by atoms with E-state index in [2.05, 4.69) is 15.0 Å². The quantitative estimate of drug-likeness (QED) is 0.506. The minimum absolute atomic E-state index is 0.406. The highest BCUT2D eigenvalue weighted by Gasteiger charge is 2.13. The number of ether oxygens (including phenoxy) is 1. The molecule has 1 saturated heterocycles. The second kappa shape index (κ2) is 4.75. The van der Waals surface area contributed by atoms with Gasteiger partial charge in [0.15, 0.2) is 0 Å². The van der Waals surface area contributed by atoms with Crippen LogP contribution in [0, 0.1) is 0 Å². The molecule has 0 saturated carbocycles. The zero-order valence-corrected chi connectivity index (χ0v) is 8.72. The minimum Gasteiger partial charge on any atom is -0.390 e. The van der Waals surface area contributed by atoms with Crippen molar-refractivity contribution in [2.45, 2.75) is 0 Å². The van der Waals surface area contributed by atoms with E-state index >= 15 is 0 Å². The molecule has 86 valence electrons. The molecule has 1 aromatic heterocycles. The van der Waals surface area contributed by atoms with Gasteiger partial charge in [0, 0.05) is 19.2 Å². The molecule has 1 fully saturated rings. The first-order chi connectivity index (χ1) is 7.79. The Morgan fingerprint density at radius 2 is 2.31 bits per heavy atom. The lowest BCUT2D eigenvalue weighted by Gasteiger charge is -2.27. The molecule has 2 rings (SSSR count).